The highest BCUT2D eigenvalue weighted by molar-refractivity contribution is 5.96. The zero-order valence-corrected chi connectivity index (χ0v) is 20.9. The number of nitrogens with zero attached hydrogens (tertiary/aromatic N) is 4. The summed E-state index contributed by atoms with van der Waals surface area (Å²) in [6.07, 6.45) is 1.97. The molecule has 0 bridgehead atoms. The first kappa shape index (κ1) is 25.7. The SMILES string of the molecule is CCOc1cc(C(=O)N(CCN2C[C@@H](F)[C@H](F)C2)Cc2cncc3cn[nH]c23)ccc1-c1cccc(F)c1. The lowest BCUT2D eigenvalue weighted by molar-refractivity contribution is 0.0725. The fourth-order valence-corrected chi connectivity index (χ4v) is 4.75. The number of carbonyl (C=O) groups excluding carboxylic acids is 1. The summed E-state index contributed by atoms with van der Waals surface area (Å²) in [7, 11) is 0. The van der Waals surface area contributed by atoms with Crippen LogP contribution < -0.4 is 4.74 Å². The van der Waals surface area contributed by atoms with Crippen LogP contribution in [0.25, 0.3) is 22.0 Å². The molecule has 2 aromatic heterocycles. The first-order chi connectivity index (χ1) is 18.4. The van der Waals surface area contributed by atoms with Gasteiger partial charge in [0.1, 0.15) is 23.9 Å². The maximum absolute atomic E-state index is 13.9. The third kappa shape index (κ3) is 5.50. The molecule has 2 aromatic carbocycles. The standard InChI is InChI=1S/C28H28F3N5O2/c1-2-38-26-11-19(6-7-23(26)18-4-3-5-22(29)10-18)28(37)36(9-8-35-16-24(30)25(31)17-35)15-21-13-32-12-20-14-33-34-27(20)21/h3-7,10-14,24-25H,2,8-9,15-17H2,1H3,(H,33,34)/t24-,25-/m1/s1. The number of benzene rings is 2. The van der Waals surface area contributed by atoms with E-state index in [0.717, 1.165) is 16.5 Å². The molecule has 3 heterocycles. The van der Waals surface area contributed by atoms with Gasteiger partial charge in [0, 0.05) is 67.2 Å². The van der Waals surface area contributed by atoms with Gasteiger partial charge >= 0.3 is 0 Å². The quantitative estimate of drug-likeness (QED) is 0.341. The molecule has 10 heteroatoms. The van der Waals surface area contributed by atoms with E-state index in [9.17, 15) is 18.0 Å². The van der Waals surface area contributed by atoms with Crippen LogP contribution in [0.4, 0.5) is 13.2 Å². The van der Waals surface area contributed by atoms with Crippen LogP contribution in [0.15, 0.2) is 61.1 Å². The molecule has 1 N–H and O–H groups in total. The first-order valence-electron chi connectivity index (χ1n) is 12.5. The van der Waals surface area contributed by atoms with Crippen LogP contribution in [0.2, 0.25) is 0 Å². The van der Waals surface area contributed by atoms with E-state index in [0.29, 0.717) is 35.6 Å². The number of ether oxygens (including phenoxy) is 1. The van der Waals surface area contributed by atoms with Crippen molar-refractivity contribution in [3.8, 4) is 16.9 Å². The maximum Gasteiger partial charge on any atom is 0.254 e. The van der Waals surface area contributed by atoms with E-state index < -0.39 is 12.3 Å². The van der Waals surface area contributed by atoms with Crippen molar-refractivity contribution in [2.75, 3.05) is 32.8 Å². The molecule has 1 saturated heterocycles. The van der Waals surface area contributed by atoms with E-state index >= 15 is 0 Å². The van der Waals surface area contributed by atoms with Crippen LogP contribution in [-0.2, 0) is 6.54 Å². The molecule has 1 aliphatic heterocycles. The molecule has 198 valence electrons. The molecule has 2 atom stereocenters. The van der Waals surface area contributed by atoms with Crippen LogP contribution in [0, 0.1) is 5.82 Å². The van der Waals surface area contributed by atoms with E-state index in [2.05, 4.69) is 15.2 Å². The summed E-state index contributed by atoms with van der Waals surface area (Å²) in [5.74, 6) is -0.187. The minimum Gasteiger partial charge on any atom is -0.493 e. The fraction of sp³-hybridized carbons (Fsp3) is 0.321. The van der Waals surface area contributed by atoms with Gasteiger partial charge < -0.3 is 9.64 Å². The Morgan fingerprint density at radius 2 is 1.95 bits per heavy atom. The summed E-state index contributed by atoms with van der Waals surface area (Å²) in [6, 6.07) is 11.2. The number of aromatic nitrogens is 3. The molecule has 0 spiro atoms. The molecular weight excluding hydrogens is 495 g/mol. The number of amides is 1. The summed E-state index contributed by atoms with van der Waals surface area (Å²) in [5, 5.41) is 7.83. The molecule has 1 aliphatic rings. The average Bonchev–Trinajstić information content (AvgIpc) is 3.52. The van der Waals surface area contributed by atoms with Crippen molar-refractivity contribution in [2.45, 2.75) is 25.8 Å². The number of fused-ring (bicyclic) bond motifs is 1. The number of nitrogens with one attached hydrogen (secondary N) is 1. The molecule has 4 aromatic rings. The molecule has 1 amide bonds. The number of H-pyrrole nitrogens is 1. The first-order valence-corrected chi connectivity index (χ1v) is 12.5. The highest BCUT2D eigenvalue weighted by atomic mass is 19.2. The van der Waals surface area contributed by atoms with E-state index in [1.165, 1.54) is 12.1 Å². The normalized spacial score (nSPS) is 17.7. The number of alkyl halides is 2. The van der Waals surface area contributed by atoms with E-state index in [1.54, 1.807) is 58.7 Å². The van der Waals surface area contributed by atoms with Crippen LogP contribution in [0.1, 0.15) is 22.8 Å². The summed E-state index contributed by atoms with van der Waals surface area (Å²) < 4.78 is 47.2. The van der Waals surface area contributed by atoms with Crippen molar-refractivity contribution in [2.24, 2.45) is 0 Å². The maximum atomic E-state index is 13.9. The predicted molar refractivity (Wildman–Crippen MR) is 138 cm³/mol. The Labute approximate surface area is 218 Å². The summed E-state index contributed by atoms with van der Waals surface area (Å²) >= 11 is 0. The summed E-state index contributed by atoms with van der Waals surface area (Å²) in [5.41, 5.74) is 3.22. The van der Waals surface area contributed by atoms with Crippen LogP contribution in [0.5, 0.6) is 5.75 Å². The zero-order chi connectivity index (χ0) is 26.6. The number of hydrogen-bond donors (Lipinski definition) is 1. The Kier molecular flexibility index (Phi) is 7.59. The van der Waals surface area contributed by atoms with Gasteiger partial charge in [-0.1, -0.05) is 12.1 Å². The fourth-order valence-electron chi connectivity index (χ4n) is 4.75. The van der Waals surface area contributed by atoms with Gasteiger partial charge in [-0.05, 0) is 42.8 Å². The second-order valence-corrected chi connectivity index (χ2v) is 9.31. The Hall–Kier alpha value is -3.92. The molecule has 5 rings (SSSR count). The Morgan fingerprint density at radius 3 is 2.71 bits per heavy atom. The zero-order valence-electron chi connectivity index (χ0n) is 20.9. The lowest BCUT2D eigenvalue weighted by Gasteiger charge is -2.26. The van der Waals surface area contributed by atoms with Crippen molar-refractivity contribution in [1.29, 1.82) is 0 Å². The van der Waals surface area contributed by atoms with Gasteiger partial charge in [-0.25, -0.2) is 13.2 Å². The molecule has 0 radical (unpaired) electrons. The van der Waals surface area contributed by atoms with Crippen molar-refractivity contribution >= 4 is 16.8 Å². The Balaban J connectivity index is 1.44. The van der Waals surface area contributed by atoms with Gasteiger partial charge in [-0.15, -0.1) is 0 Å². The minimum absolute atomic E-state index is 0.00228. The van der Waals surface area contributed by atoms with Gasteiger partial charge in [-0.3, -0.25) is 19.8 Å². The van der Waals surface area contributed by atoms with Crippen molar-refractivity contribution in [3.05, 3.63) is 78.0 Å². The number of likely N-dealkylation sites (tertiary alicyclic amines) is 1. The molecule has 7 nitrogen and oxygen atoms in total. The van der Waals surface area contributed by atoms with E-state index in [-0.39, 0.29) is 37.9 Å². The predicted octanol–water partition coefficient (Wildman–Crippen LogP) is 4.80. The lowest BCUT2D eigenvalue weighted by atomic mass is 10.0. The molecule has 0 saturated carbocycles. The Morgan fingerprint density at radius 1 is 1.13 bits per heavy atom. The van der Waals surface area contributed by atoms with Gasteiger partial charge in [-0.2, -0.15) is 5.10 Å². The Bertz CT molecular complexity index is 1420. The second kappa shape index (κ2) is 11.2. The number of pyridine rings is 1. The number of rotatable bonds is 9. The topological polar surface area (TPSA) is 74.3 Å². The molecule has 0 aliphatic carbocycles. The molecule has 0 unspecified atom stereocenters. The molecular formula is C28H28F3N5O2. The summed E-state index contributed by atoms with van der Waals surface area (Å²) in [4.78, 5) is 21.4. The van der Waals surface area contributed by atoms with Gasteiger partial charge in [0.25, 0.3) is 5.91 Å². The van der Waals surface area contributed by atoms with E-state index in [1.807, 2.05) is 6.92 Å². The summed E-state index contributed by atoms with van der Waals surface area (Å²) in [6.45, 7) is 2.97. The van der Waals surface area contributed by atoms with Crippen molar-refractivity contribution < 1.29 is 22.7 Å². The minimum atomic E-state index is -1.52. The molecule has 38 heavy (non-hydrogen) atoms. The second-order valence-electron chi connectivity index (χ2n) is 9.31. The number of carbonyl (C=O) groups is 1. The van der Waals surface area contributed by atoms with Crippen molar-refractivity contribution in [1.82, 2.24) is 25.0 Å². The van der Waals surface area contributed by atoms with Crippen molar-refractivity contribution in [3.63, 3.8) is 0 Å². The average molecular weight is 524 g/mol. The van der Waals surface area contributed by atoms with E-state index in [4.69, 9.17) is 4.74 Å². The van der Waals surface area contributed by atoms with Crippen LogP contribution in [0.3, 0.4) is 0 Å². The highest BCUT2D eigenvalue weighted by Gasteiger charge is 2.33. The van der Waals surface area contributed by atoms with Crippen LogP contribution >= 0.6 is 0 Å². The smallest absolute Gasteiger partial charge is 0.254 e. The van der Waals surface area contributed by atoms with Crippen LogP contribution in [-0.4, -0.2) is 76.0 Å². The van der Waals surface area contributed by atoms with Gasteiger partial charge in [0.15, 0.2) is 0 Å². The van der Waals surface area contributed by atoms with Gasteiger partial charge in [0.05, 0.1) is 18.3 Å². The monoisotopic (exact) mass is 523 g/mol. The third-order valence-electron chi connectivity index (χ3n) is 6.69. The number of halogens is 3. The number of aromatic amines is 1. The third-order valence-corrected chi connectivity index (χ3v) is 6.69. The highest BCUT2D eigenvalue weighted by Crippen LogP contribution is 2.32. The number of hydrogen-bond acceptors (Lipinski definition) is 5. The molecule has 1 fully saturated rings. The largest absolute Gasteiger partial charge is 0.493 e. The lowest BCUT2D eigenvalue weighted by Crippen LogP contribution is -2.38. The van der Waals surface area contributed by atoms with Gasteiger partial charge in [0.2, 0.25) is 0 Å².